The Kier molecular flexibility index (Phi) is 5.38. The lowest BCUT2D eigenvalue weighted by Crippen LogP contribution is -2.43. The van der Waals surface area contributed by atoms with Crippen LogP contribution in [0.2, 0.25) is 0 Å². The number of alkyl halides is 6. The Hall–Kier alpha value is -3.15. The van der Waals surface area contributed by atoms with Gasteiger partial charge < -0.3 is 15.3 Å². The third-order valence-electron chi connectivity index (χ3n) is 5.71. The zero-order chi connectivity index (χ0) is 24.2. The van der Waals surface area contributed by atoms with Gasteiger partial charge in [-0.25, -0.2) is 4.98 Å². The van der Waals surface area contributed by atoms with E-state index in [2.05, 4.69) is 15.2 Å². The summed E-state index contributed by atoms with van der Waals surface area (Å²) in [4.78, 5) is 3.93. The molecule has 1 aliphatic rings. The summed E-state index contributed by atoms with van der Waals surface area (Å²) in [7, 11) is 0. The van der Waals surface area contributed by atoms with E-state index in [0.717, 1.165) is 6.07 Å². The molecule has 1 aromatic carbocycles. The van der Waals surface area contributed by atoms with Crippen molar-refractivity contribution in [3.63, 3.8) is 0 Å². The number of hydrogen-bond acceptors (Lipinski definition) is 6. The van der Waals surface area contributed by atoms with Gasteiger partial charge in [-0.1, -0.05) is 31.2 Å². The molecule has 0 amide bonds. The van der Waals surface area contributed by atoms with Crippen molar-refractivity contribution in [2.75, 3.05) is 5.73 Å². The van der Waals surface area contributed by atoms with Crippen LogP contribution in [0.25, 0.3) is 11.6 Å². The van der Waals surface area contributed by atoms with Gasteiger partial charge in [-0.2, -0.15) is 26.3 Å². The zero-order valence-corrected chi connectivity index (χ0v) is 17.1. The number of nitrogens with two attached hydrogens (primary N) is 1. The summed E-state index contributed by atoms with van der Waals surface area (Å²) in [6, 6.07) is 5.85. The number of rotatable bonds is 0. The molecule has 6 bridgehead atoms. The predicted octanol–water partition coefficient (Wildman–Crippen LogP) is 4.97. The van der Waals surface area contributed by atoms with Crippen molar-refractivity contribution >= 4 is 5.69 Å². The highest BCUT2D eigenvalue weighted by molar-refractivity contribution is 5.67. The van der Waals surface area contributed by atoms with Gasteiger partial charge in [-0.3, -0.25) is 0 Å². The Labute approximate surface area is 183 Å². The molecule has 0 saturated carbocycles. The van der Waals surface area contributed by atoms with Crippen LogP contribution in [0.1, 0.15) is 54.0 Å². The molecule has 12 heteroatoms. The Morgan fingerprint density at radius 3 is 2.52 bits per heavy atom. The van der Waals surface area contributed by atoms with Crippen molar-refractivity contribution in [3.05, 3.63) is 58.6 Å². The first kappa shape index (κ1) is 23.0. The maximum absolute atomic E-state index is 14.1. The van der Waals surface area contributed by atoms with E-state index < -0.39 is 46.5 Å². The van der Waals surface area contributed by atoms with E-state index in [4.69, 9.17) is 10.2 Å². The van der Waals surface area contributed by atoms with Gasteiger partial charge >= 0.3 is 12.4 Å². The number of fused-ring (bicyclic) bond motifs is 7. The Bertz CT molecular complexity index is 1190. The number of benzene rings is 1. The third kappa shape index (κ3) is 3.92. The predicted molar refractivity (Wildman–Crippen MR) is 104 cm³/mol. The summed E-state index contributed by atoms with van der Waals surface area (Å²) < 4.78 is 88.1. The molecule has 176 valence electrons. The standard InChI is InChI=1S/C21H18F6N4O2/c1-10-4-2-7-15-13(20(22,23)24)9-14(28)16(29-15)17-30-31-18(33-17)19(32,21(25,26)27)12-6-3-5-11(10)8-12/h3,5-6,8-10,32H,2,4,7,28H2,1H3. The minimum Gasteiger partial charge on any atom is -0.415 e. The number of nitrogens with zero attached hydrogens (tertiary/aromatic N) is 3. The van der Waals surface area contributed by atoms with Gasteiger partial charge in [0.2, 0.25) is 0 Å². The molecule has 3 heterocycles. The van der Waals surface area contributed by atoms with Crippen LogP contribution in [-0.2, 0) is 18.2 Å². The van der Waals surface area contributed by atoms with Crippen LogP contribution in [-0.4, -0.2) is 26.5 Å². The molecule has 33 heavy (non-hydrogen) atoms. The second-order valence-corrected chi connectivity index (χ2v) is 7.96. The summed E-state index contributed by atoms with van der Waals surface area (Å²) in [5.41, 5.74) is -0.264. The molecule has 0 saturated heterocycles. The average molecular weight is 472 g/mol. The molecular formula is C21H18F6N4O2. The second-order valence-electron chi connectivity index (χ2n) is 7.96. The molecule has 0 radical (unpaired) electrons. The lowest BCUT2D eigenvalue weighted by Gasteiger charge is -2.28. The first-order valence-corrected chi connectivity index (χ1v) is 9.93. The molecule has 4 rings (SSSR count). The molecule has 2 aromatic heterocycles. The highest BCUT2D eigenvalue weighted by atomic mass is 19.4. The zero-order valence-electron chi connectivity index (χ0n) is 17.1. The van der Waals surface area contributed by atoms with E-state index in [1.165, 1.54) is 12.1 Å². The lowest BCUT2D eigenvalue weighted by molar-refractivity contribution is -0.255. The van der Waals surface area contributed by atoms with Crippen LogP contribution >= 0.6 is 0 Å². The Balaban J connectivity index is 1.98. The summed E-state index contributed by atoms with van der Waals surface area (Å²) in [5.74, 6) is -2.15. The topological polar surface area (TPSA) is 98.1 Å². The van der Waals surface area contributed by atoms with Crippen molar-refractivity contribution in [3.8, 4) is 11.6 Å². The normalized spacial score (nSPS) is 21.5. The van der Waals surface area contributed by atoms with Crippen LogP contribution in [0.5, 0.6) is 0 Å². The second kappa shape index (κ2) is 7.72. The van der Waals surface area contributed by atoms with Crippen molar-refractivity contribution in [2.45, 2.75) is 50.1 Å². The van der Waals surface area contributed by atoms with Gasteiger partial charge in [0.15, 0.2) is 5.69 Å². The Morgan fingerprint density at radius 2 is 1.85 bits per heavy atom. The summed E-state index contributed by atoms with van der Waals surface area (Å²) >= 11 is 0. The van der Waals surface area contributed by atoms with Crippen molar-refractivity contribution in [2.24, 2.45) is 0 Å². The fourth-order valence-electron chi connectivity index (χ4n) is 3.86. The van der Waals surface area contributed by atoms with Gasteiger partial charge in [-0.05, 0) is 36.8 Å². The van der Waals surface area contributed by atoms with Crippen molar-refractivity contribution in [1.29, 1.82) is 0 Å². The summed E-state index contributed by atoms with van der Waals surface area (Å²) in [6.45, 7) is 1.73. The first-order valence-electron chi connectivity index (χ1n) is 9.93. The van der Waals surface area contributed by atoms with Gasteiger partial charge in [0.25, 0.3) is 17.4 Å². The monoisotopic (exact) mass is 472 g/mol. The van der Waals surface area contributed by atoms with Crippen LogP contribution in [0.4, 0.5) is 32.0 Å². The largest absolute Gasteiger partial charge is 0.430 e. The molecule has 0 spiro atoms. The fraction of sp³-hybridized carbons (Fsp3) is 0.381. The third-order valence-corrected chi connectivity index (χ3v) is 5.71. The lowest BCUT2D eigenvalue weighted by atomic mass is 9.87. The average Bonchev–Trinajstić information content (AvgIpc) is 3.22. The van der Waals surface area contributed by atoms with Gasteiger partial charge in [-0.15, -0.1) is 10.2 Å². The highest BCUT2D eigenvalue weighted by Crippen LogP contribution is 2.45. The number of anilines is 1. The number of aliphatic hydroxyl groups is 1. The van der Waals surface area contributed by atoms with Crippen molar-refractivity contribution in [1.82, 2.24) is 15.2 Å². The van der Waals surface area contributed by atoms with Gasteiger partial charge in [0.05, 0.1) is 16.9 Å². The maximum atomic E-state index is 14.1. The number of hydrogen-bond donors (Lipinski definition) is 2. The summed E-state index contributed by atoms with van der Waals surface area (Å²) in [5, 5.41) is 17.7. The number of aromatic nitrogens is 3. The molecule has 3 aromatic rings. The van der Waals surface area contributed by atoms with Crippen molar-refractivity contribution < 1.29 is 35.9 Å². The fourth-order valence-corrected chi connectivity index (χ4v) is 3.86. The molecule has 0 fully saturated rings. The summed E-state index contributed by atoms with van der Waals surface area (Å²) in [6.07, 6.45) is -9.41. The molecule has 1 aliphatic heterocycles. The van der Waals surface area contributed by atoms with Crippen LogP contribution in [0, 0.1) is 0 Å². The number of nitrogen functional groups attached to an aromatic ring is 1. The van der Waals surface area contributed by atoms with E-state index in [9.17, 15) is 31.4 Å². The smallest absolute Gasteiger partial charge is 0.415 e. The molecular weight excluding hydrogens is 454 g/mol. The van der Waals surface area contributed by atoms with E-state index in [1.54, 1.807) is 13.0 Å². The van der Waals surface area contributed by atoms with E-state index in [1.807, 2.05) is 0 Å². The molecule has 2 unspecified atom stereocenters. The minimum absolute atomic E-state index is 0.0559. The molecule has 6 nitrogen and oxygen atoms in total. The number of aryl methyl sites for hydroxylation is 1. The van der Waals surface area contributed by atoms with E-state index >= 15 is 0 Å². The van der Waals surface area contributed by atoms with Crippen LogP contribution in [0.3, 0.4) is 0 Å². The Morgan fingerprint density at radius 1 is 1.12 bits per heavy atom. The first-order chi connectivity index (χ1) is 15.3. The SMILES string of the molecule is CC1CCCc2nc(c(N)cc2C(F)(F)F)-c2nnc(o2)C(O)(C(F)(F)F)c2cccc1c2. The van der Waals surface area contributed by atoms with E-state index in [-0.39, 0.29) is 30.1 Å². The molecule has 3 N–H and O–H groups in total. The minimum atomic E-state index is -5.25. The van der Waals surface area contributed by atoms with Gasteiger partial charge in [0, 0.05) is 5.56 Å². The van der Waals surface area contributed by atoms with Crippen LogP contribution < -0.4 is 5.73 Å². The molecule has 2 atom stereocenters. The highest BCUT2D eigenvalue weighted by Gasteiger charge is 2.60. The van der Waals surface area contributed by atoms with Crippen LogP contribution in [0.15, 0.2) is 34.7 Å². The maximum Gasteiger partial charge on any atom is 0.430 e. The van der Waals surface area contributed by atoms with E-state index in [0.29, 0.717) is 18.1 Å². The van der Waals surface area contributed by atoms with Gasteiger partial charge in [0.1, 0.15) is 0 Å². The number of halogens is 6. The number of pyridine rings is 1. The molecule has 0 aliphatic carbocycles. The quantitative estimate of drug-likeness (QED) is 0.449.